The van der Waals surface area contributed by atoms with Crippen LogP contribution in [0.5, 0.6) is 0 Å². The molecule has 0 aromatic heterocycles. The molecule has 2 fully saturated rings. The minimum absolute atomic E-state index is 0.0781. The number of hydrogen-bond donors (Lipinski definition) is 2. The van der Waals surface area contributed by atoms with Crippen LogP contribution in [-0.4, -0.2) is 48.3 Å². The van der Waals surface area contributed by atoms with Gasteiger partial charge in [0.15, 0.2) is 0 Å². The summed E-state index contributed by atoms with van der Waals surface area (Å²) in [6.07, 6.45) is 7.17. The highest BCUT2D eigenvalue weighted by molar-refractivity contribution is 4.83. The van der Waals surface area contributed by atoms with E-state index in [1.165, 1.54) is 32.1 Å². The first-order valence-electron chi connectivity index (χ1n) is 6.51. The van der Waals surface area contributed by atoms with Crippen LogP contribution in [-0.2, 0) is 0 Å². The summed E-state index contributed by atoms with van der Waals surface area (Å²) in [4.78, 5) is 2.51. The lowest BCUT2D eigenvalue weighted by Gasteiger charge is -2.32. The van der Waals surface area contributed by atoms with E-state index in [1.807, 2.05) is 0 Å². The minimum atomic E-state index is -0.0781. The van der Waals surface area contributed by atoms with Crippen LogP contribution >= 0.6 is 0 Å². The highest BCUT2D eigenvalue weighted by Gasteiger charge is 2.27. The number of hydrogen-bond acceptors (Lipinski definition) is 3. The van der Waals surface area contributed by atoms with Gasteiger partial charge in [-0.15, -0.1) is 0 Å². The van der Waals surface area contributed by atoms with Crippen molar-refractivity contribution in [3.63, 3.8) is 0 Å². The molecule has 2 atom stereocenters. The molecule has 3 heteroatoms. The Morgan fingerprint density at radius 1 is 0.933 bits per heavy atom. The van der Waals surface area contributed by atoms with E-state index in [-0.39, 0.29) is 6.10 Å². The fourth-order valence-electron chi connectivity index (χ4n) is 2.89. The van der Waals surface area contributed by atoms with Gasteiger partial charge in [-0.3, -0.25) is 4.90 Å². The SMILES string of the molecule is OC1CCCCCC1N1CCCNCC1. The Morgan fingerprint density at radius 3 is 2.73 bits per heavy atom. The first kappa shape index (κ1) is 11.4. The molecule has 0 spiro atoms. The number of nitrogens with one attached hydrogen (secondary N) is 1. The van der Waals surface area contributed by atoms with E-state index in [0.717, 1.165) is 32.6 Å². The summed E-state index contributed by atoms with van der Waals surface area (Å²) < 4.78 is 0. The molecule has 0 aromatic carbocycles. The summed E-state index contributed by atoms with van der Waals surface area (Å²) >= 11 is 0. The van der Waals surface area contributed by atoms with Crippen molar-refractivity contribution in [1.82, 2.24) is 10.2 Å². The average molecular weight is 212 g/mol. The summed E-state index contributed by atoms with van der Waals surface area (Å²) in [6.45, 7) is 4.50. The zero-order chi connectivity index (χ0) is 10.5. The first-order valence-corrected chi connectivity index (χ1v) is 6.51. The molecule has 0 radical (unpaired) electrons. The van der Waals surface area contributed by atoms with Crippen molar-refractivity contribution in [1.29, 1.82) is 0 Å². The molecule has 1 heterocycles. The fraction of sp³-hybridized carbons (Fsp3) is 1.00. The Bertz CT molecular complexity index is 178. The smallest absolute Gasteiger partial charge is 0.0695 e. The molecule has 3 nitrogen and oxygen atoms in total. The van der Waals surface area contributed by atoms with E-state index in [0.29, 0.717) is 6.04 Å². The van der Waals surface area contributed by atoms with Gasteiger partial charge in [0.1, 0.15) is 0 Å². The monoisotopic (exact) mass is 212 g/mol. The maximum atomic E-state index is 10.1. The van der Waals surface area contributed by atoms with Gasteiger partial charge in [0, 0.05) is 19.1 Å². The molecule has 0 bridgehead atoms. The summed E-state index contributed by atoms with van der Waals surface area (Å²) in [5.41, 5.74) is 0. The number of aliphatic hydroxyl groups is 1. The van der Waals surface area contributed by atoms with Crippen LogP contribution in [0.1, 0.15) is 38.5 Å². The van der Waals surface area contributed by atoms with Gasteiger partial charge in [0.2, 0.25) is 0 Å². The lowest BCUT2D eigenvalue weighted by atomic mass is 10.0. The van der Waals surface area contributed by atoms with Crippen molar-refractivity contribution in [2.45, 2.75) is 50.7 Å². The molecule has 1 saturated carbocycles. The van der Waals surface area contributed by atoms with E-state index in [4.69, 9.17) is 0 Å². The van der Waals surface area contributed by atoms with Crippen LogP contribution < -0.4 is 5.32 Å². The Labute approximate surface area is 92.8 Å². The van der Waals surface area contributed by atoms with Crippen LogP contribution in [0, 0.1) is 0 Å². The molecule has 1 aliphatic carbocycles. The second-order valence-electron chi connectivity index (χ2n) is 4.91. The van der Waals surface area contributed by atoms with E-state index in [2.05, 4.69) is 10.2 Å². The zero-order valence-electron chi connectivity index (χ0n) is 9.62. The second-order valence-corrected chi connectivity index (χ2v) is 4.91. The Hall–Kier alpha value is -0.120. The average Bonchev–Trinajstić information content (AvgIpc) is 2.59. The third kappa shape index (κ3) is 3.16. The Morgan fingerprint density at radius 2 is 1.80 bits per heavy atom. The lowest BCUT2D eigenvalue weighted by molar-refractivity contribution is 0.0475. The Kier molecular flexibility index (Phi) is 4.42. The maximum Gasteiger partial charge on any atom is 0.0695 e. The Balaban J connectivity index is 1.92. The van der Waals surface area contributed by atoms with Gasteiger partial charge in [-0.25, -0.2) is 0 Å². The van der Waals surface area contributed by atoms with Crippen LogP contribution in [0.2, 0.25) is 0 Å². The van der Waals surface area contributed by atoms with Crippen molar-refractivity contribution < 1.29 is 5.11 Å². The van der Waals surface area contributed by atoms with Gasteiger partial charge < -0.3 is 10.4 Å². The van der Waals surface area contributed by atoms with Gasteiger partial charge in [-0.1, -0.05) is 19.3 Å². The van der Waals surface area contributed by atoms with Crippen LogP contribution in [0.15, 0.2) is 0 Å². The normalized spacial score (nSPS) is 35.8. The quantitative estimate of drug-likeness (QED) is 0.636. The topological polar surface area (TPSA) is 35.5 Å². The van der Waals surface area contributed by atoms with Crippen molar-refractivity contribution in [2.24, 2.45) is 0 Å². The molecule has 2 unspecified atom stereocenters. The standard InChI is InChI=1S/C12H24N2O/c15-12-6-3-1-2-5-11(12)14-9-4-7-13-8-10-14/h11-13,15H,1-10H2. The fourth-order valence-corrected chi connectivity index (χ4v) is 2.89. The third-order valence-corrected chi connectivity index (χ3v) is 3.79. The highest BCUT2D eigenvalue weighted by Crippen LogP contribution is 2.22. The summed E-state index contributed by atoms with van der Waals surface area (Å²) in [6, 6.07) is 0.437. The van der Waals surface area contributed by atoms with Crippen LogP contribution in [0.4, 0.5) is 0 Å². The molecular formula is C12H24N2O. The molecule has 2 aliphatic rings. The van der Waals surface area contributed by atoms with Crippen molar-refractivity contribution >= 4 is 0 Å². The second kappa shape index (κ2) is 5.83. The molecule has 0 amide bonds. The number of nitrogens with zero attached hydrogens (tertiary/aromatic N) is 1. The first-order chi connectivity index (χ1) is 7.38. The van der Waals surface area contributed by atoms with E-state index >= 15 is 0 Å². The lowest BCUT2D eigenvalue weighted by Crippen LogP contribution is -2.44. The summed E-state index contributed by atoms with van der Waals surface area (Å²) in [7, 11) is 0. The van der Waals surface area contributed by atoms with E-state index in [9.17, 15) is 5.11 Å². The van der Waals surface area contributed by atoms with E-state index < -0.39 is 0 Å². The maximum absolute atomic E-state index is 10.1. The van der Waals surface area contributed by atoms with Gasteiger partial charge >= 0.3 is 0 Å². The van der Waals surface area contributed by atoms with E-state index in [1.54, 1.807) is 0 Å². The molecule has 15 heavy (non-hydrogen) atoms. The van der Waals surface area contributed by atoms with Gasteiger partial charge in [-0.05, 0) is 32.4 Å². The van der Waals surface area contributed by atoms with Gasteiger partial charge in [-0.2, -0.15) is 0 Å². The molecule has 0 aromatic rings. The molecule has 1 aliphatic heterocycles. The molecule has 88 valence electrons. The third-order valence-electron chi connectivity index (χ3n) is 3.79. The highest BCUT2D eigenvalue weighted by atomic mass is 16.3. The number of aliphatic hydroxyl groups excluding tert-OH is 1. The molecule has 2 rings (SSSR count). The summed E-state index contributed by atoms with van der Waals surface area (Å²) in [5, 5.41) is 13.6. The van der Waals surface area contributed by atoms with Gasteiger partial charge in [0.25, 0.3) is 0 Å². The minimum Gasteiger partial charge on any atom is -0.391 e. The number of rotatable bonds is 1. The zero-order valence-corrected chi connectivity index (χ0v) is 9.62. The van der Waals surface area contributed by atoms with Crippen LogP contribution in [0.3, 0.4) is 0 Å². The molecule has 1 saturated heterocycles. The van der Waals surface area contributed by atoms with Crippen molar-refractivity contribution in [2.75, 3.05) is 26.2 Å². The van der Waals surface area contributed by atoms with Crippen LogP contribution in [0.25, 0.3) is 0 Å². The predicted octanol–water partition coefficient (Wildman–Crippen LogP) is 0.975. The molecule has 2 N–H and O–H groups in total. The predicted molar refractivity (Wildman–Crippen MR) is 61.9 cm³/mol. The van der Waals surface area contributed by atoms with Crippen molar-refractivity contribution in [3.8, 4) is 0 Å². The largest absolute Gasteiger partial charge is 0.391 e. The molecular weight excluding hydrogens is 188 g/mol. The van der Waals surface area contributed by atoms with Crippen molar-refractivity contribution in [3.05, 3.63) is 0 Å². The summed E-state index contributed by atoms with van der Waals surface area (Å²) in [5.74, 6) is 0. The van der Waals surface area contributed by atoms with Gasteiger partial charge in [0.05, 0.1) is 6.10 Å².